The molecule has 0 bridgehead atoms. The fourth-order valence-corrected chi connectivity index (χ4v) is 0. The van der Waals surface area contributed by atoms with Crippen LogP contribution in [0.2, 0.25) is 0 Å². The first kappa shape index (κ1) is 39.5. The van der Waals surface area contributed by atoms with Gasteiger partial charge in [-0.05, 0) is 11.0 Å². The van der Waals surface area contributed by atoms with Crippen LogP contribution in [0.3, 0.4) is 0 Å². The third-order valence-corrected chi connectivity index (χ3v) is 0. The zero-order valence-corrected chi connectivity index (χ0v) is 11.6. The molecule has 0 saturated carbocycles. The van der Waals surface area contributed by atoms with Crippen LogP contribution >= 0.6 is 0 Å². The van der Waals surface area contributed by atoms with Gasteiger partial charge in [0, 0.05) is 60.8 Å². The van der Waals surface area contributed by atoms with Crippen molar-refractivity contribution in [2.75, 3.05) is 0 Å². The smallest absolute Gasteiger partial charge is 1.00 e. The fraction of sp³-hybridized carbons (Fsp3) is 0. The Morgan fingerprint density at radius 3 is 1.20 bits per heavy atom. The maximum Gasteiger partial charge on any atom is 2.00 e. The molecule has 29 valence electrons. The summed E-state index contributed by atoms with van der Waals surface area (Å²) < 4.78 is 0. The van der Waals surface area contributed by atoms with E-state index in [1.165, 1.54) is 0 Å². The summed E-state index contributed by atoms with van der Waals surface area (Å²) in [7, 11) is 0. The normalized spacial score (nSPS) is 0. The second kappa shape index (κ2) is 26.1. The molecule has 0 nitrogen and oxygen atoms in total. The monoisotopic (exact) mass is 491 g/mol. The Morgan fingerprint density at radius 1 is 1.20 bits per heavy atom. The molecule has 5 heteroatoms. The van der Waals surface area contributed by atoms with Gasteiger partial charge in [0.15, 0.2) is 0 Å². The average Bonchev–Trinajstić information content (AvgIpc) is 0. The van der Waals surface area contributed by atoms with E-state index in [0.29, 0.717) is 0 Å². The minimum atomic E-state index is 0. The summed E-state index contributed by atoms with van der Waals surface area (Å²) in [6, 6.07) is 0. The van der Waals surface area contributed by atoms with Crippen molar-refractivity contribution in [3.05, 3.63) is 0 Å². The van der Waals surface area contributed by atoms with Crippen LogP contribution in [-0.2, 0) is 60.8 Å². The van der Waals surface area contributed by atoms with Crippen molar-refractivity contribution >= 4 is 48.7 Å². The average molecular weight is 491 g/mol. The van der Waals surface area contributed by atoms with Crippen LogP contribution in [0.4, 0.5) is 0 Å². The Kier molecular flexibility index (Phi) is 206. The van der Waals surface area contributed by atoms with Crippen LogP contribution in [0.15, 0.2) is 0 Å². The molecule has 0 aromatic heterocycles. The maximum absolute atomic E-state index is 0. The summed E-state index contributed by atoms with van der Waals surface area (Å²) in [5.41, 5.74) is 0. The molecule has 0 aliphatic heterocycles. The molecule has 0 aliphatic carbocycles. The van der Waals surface area contributed by atoms with Gasteiger partial charge >= 0.3 is 37.7 Å². The molecular weight excluding hydrogens is 485 g/mol. The quantitative estimate of drug-likeness (QED) is 0.358. The molecule has 0 aromatic carbocycles. The third kappa shape index (κ3) is 18.6. The second-order valence-electron chi connectivity index (χ2n) is 0. The van der Waals surface area contributed by atoms with Crippen molar-refractivity contribution in [2.45, 2.75) is 0 Å². The standard InChI is InChI=1S/Ca.Cr.H4Si.Ta.W.2H/h;;1H4;;;;/q+2;;;;;2*-1. The Morgan fingerprint density at radius 2 is 1.20 bits per heavy atom. The van der Waals surface area contributed by atoms with E-state index in [-0.39, 0.29) is 112 Å². The van der Waals surface area contributed by atoms with Crippen LogP contribution in [0.1, 0.15) is 2.85 Å². The summed E-state index contributed by atoms with van der Waals surface area (Å²) in [6.07, 6.45) is 0. The molecule has 0 aliphatic rings. The molecule has 0 N–H and O–H groups in total. The van der Waals surface area contributed by atoms with Crippen molar-refractivity contribution < 1.29 is 63.7 Å². The van der Waals surface area contributed by atoms with E-state index in [1.54, 1.807) is 0 Å². The molecule has 0 unspecified atom stereocenters. The number of hydrogen-bond donors (Lipinski definition) is 0. The summed E-state index contributed by atoms with van der Waals surface area (Å²) in [5.74, 6) is 0. The molecule has 5 heavy (non-hydrogen) atoms. The molecule has 0 spiro atoms. The van der Waals surface area contributed by atoms with Gasteiger partial charge in [0.1, 0.15) is 0 Å². The van der Waals surface area contributed by atoms with Gasteiger partial charge in [0.05, 0.1) is 0 Å². The molecular formula is H6CaCrSiTaW. The maximum atomic E-state index is 0. The van der Waals surface area contributed by atoms with Crippen molar-refractivity contribution in [2.24, 2.45) is 0 Å². The molecule has 1 radical (unpaired) electrons. The Hall–Kier alpha value is 3.44. The van der Waals surface area contributed by atoms with Gasteiger partial charge in [-0.3, -0.25) is 0 Å². The second-order valence-corrected chi connectivity index (χ2v) is 0. The van der Waals surface area contributed by atoms with Gasteiger partial charge in [-0.2, -0.15) is 0 Å². The Balaban J connectivity index is 0. The van der Waals surface area contributed by atoms with Crippen molar-refractivity contribution in [3.63, 3.8) is 0 Å². The molecule has 0 fully saturated rings. The van der Waals surface area contributed by atoms with Gasteiger partial charge in [-0.25, -0.2) is 0 Å². The zero-order chi connectivity index (χ0) is 0. The first-order chi connectivity index (χ1) is 0. The molecule has 0 rings (SSSR count). The number of hydrogen-bond acceptors (Lipinski definition) is 0. The van der Waals surface area contributed by atoms with Gasteiger partial charge in [-0.1, -0.05) is 0 Å². The Labute approximate surface area is 110 Å². The van der Waals surface area contributed by atoms with Crippen LogP contribution in [0.5, 0.6) is 0 Å². The molecule has 0 heterocycles. The first-order valence-electron chi connectivity index (χ1n) is 0. The largest absolute Gasteiger partial charge is 2.00 e. The third-order valence-electron chi connectivity index (χ3n) is 0. The Bertz CT molecular complexity index is 17.7. The van der Waals surface area contributed by atoms with E-state index < -0.39 is 0 Å². The van der Waals surface area contributed by atoms with Crippen LogP contribution in [0.25, 0.3) is 0 Å². The van der Waals surface area contributed by atoms with E-state index in [1.807, 2.05) is 0 Å². The predicted octanol–water partition coefficient (Wildman–Crippen LogP) is -1.61. The van der Waals surface area contributed by atoms with Gasteiger partial charge < -0.3 is 2.85 Å². The summed E-state index contributed by atoms with van der Waals surface area (Å²) in [5, 5.41) is 0. The molecule has 0 amide bonds. The topological polar surface area (TPSA) is 0 Å². The molecule has 0 aromatic rings. The summed E-state index contributed by atoms with van der Waals surface area (Å²) in [6.45, 7) is 0. The predicted molar refractivity (Wildman–Crippen MR) is 19.3 cm³/mol. The van der Waals surface area contributed by atoms with Crippen molar-refractivity contribution in [1.29, 1.82) is 0 Å². The molecule has 0 atom stereocenters. The van der Waals surface area contributed by atoms with E-state index in [4.69, 9.17) is 0 Å². The van der Waals surface area contributed by atoms with Crippen LogP contribution < -0.4 is 0 Å². The van der Waals surface area contributed by atoms with Gasteiger partial charge in [0.25, 0.3) is 0 Å². The van der Waals surface area contributed by atoms with Crippen molar-refractivity contribution in [3.8, 4) is 0 Å². The van der Waals surface area contributed by atoms with E-state index >= 15 is 0 Å². The van der Waals surface area contributed by atoms with E-state index in [9.17, 15) is 0 Å². The van der Waals surface area contributed by atoms with Gasteiger partial charge in [0.2, 0.25) is 0 Å². The van der Waals surface area contributed by atoms with Crippen LogP contribution in [-0.4, -0.2) is 48.7 Å². The molecule has 0 saturated heterocycles. The number of rotatable bonds is 0. The fourth-order valence-electron chi connectivity index (χ4n) is 0. The minimum absolute atomic E-state index is 0. The minimum Gasteiger partial charge on any atom is -1.00 e. The van der Waals surface area contributed by atoms with Gasteiger partial charge in [-0.15, -0.1) is 0 Å². The van der Waals surface area contributed by atoms with Crippen LogP contribution in [0, 0.1) is 0 Å². The SMILES string of the molecule is [Ca+2].[Cr].[H-].[H-].[SiH4].[Ta].[W]. The zero-order valence-electron chi connectivity index (χ0n) is 3.97. The summed E-state index contributed by atoms with van der Waals surface area (Å²) in [4.78, 5) is 0. The first-order valence-corrected chi connectivity index (χ1v) is 0. The van der Waals surface area contributed by atoms with E-state index in [2.05, 4.69) is 0 Å². The van der Waals surface area contributed by atoms with E-state index in [0.717, 1.165) is 0 Å². The van der Waals surface area contributed by atoms with Crippen molar-refractivity contribution in [1.82, 2.24) is 0 Å². The summed E-state index contributed by atoms with van der Waals surface area (Å²) >= 11 is 0.